The minimum Gasteiger partial charge on any atom is -0.340 e. The first kappa shape index (κ1) is 19.0. The summed E-state index contributed by atoms with van der Waals surface area (Å²) in [5, 5.41) is 0. The number of nitrogens with zero attached hydrogens (tertiary/aromatic N) is 2. The van der Waals surface area contributed by atoms with Gasteiger partial charge >= 0.3 is 0 Å². The van der Waals surface area contributed by atoms with Crippen LogP contribution in [0.1, 0.15) is 5.56 Å². The van der Waals surface area contributed by atoms with E-state index in [0.717, 1.165) is 22.2 Å². The highest BCUT2D eigenvalue weighted by Crippen LogP contribution is 2.19. The average Bonchev–Trinajstić information content (AvgIpc) is 2.64. The van der Waals surface area contributed by atoms with Crippen molar-refractivity contribution in [1.29, 1.82) is 0 Å². The van der Waals surface area contributed by atoms with E-state index in [0.29, 0.717) is 13.1 Å². The number of piperazine rings is 1. The van der Waals surface area contributed by atoms with Crippen LogP contribution in [0.15, 0.2) is 57.9 Å². The Morgan fingerprint density at radius 3 is 2.12 bits per heavy atom. The largest absolute Gasteiger partial charge is 0.340 e. The fourth-order valence-electron chi connectivity index (χ4n) is 2.82. The van der Waals surface area contributed by atoms with Gasteiger partial charge in [0.25, 0.3) is 0 Å². The number of carbonyl (C=O) groups is 1. The fourth-order valence-corrected chi connectivity index (χ4v) is 4.51. The molecule has 0 spiro atoms. The first-order valence-electron chi connectivity index (χ1n) is 8.14. The summed E-state index contributed by atoms with van der Waals surface area (Å²) in [7, 11) is -3.67. The summed E-state index contributed by atoms with van der Waals surface area (Å²) in [6, 6.07) is 12.3. The highest BCUT2D eigenvalue weighted by Gasteiger charge is 2.30. The third-order valence-electron chi connectivity index (χ3n) is 4.31. The van der Waals surface area contributed by atoms with Gasteiger partial charge in [-0.25, -0.2) is 12.8 Å². The van der Waals surface area contributed by atoms with Crippen LogP contribution in [0.3, 0.4) is 0 Å². The van der Waals surface area contributed by atoms with E-state index in [1.165, 1.54) is 16.4 Å². The summed E-state index contributed by atoms with van der Waals surface area (Å²) in [5.41, 5.74) is 0.916. The molecule has 1 aliphatic rings. The molecule has 0 aromatic heterocycles. The summed E-state index contributed by atoms with van der Waals surface area (Å²) in [4.78, 5) is 14.2. The molecule has 0 radical (unpaired) electrons. The molecule has 8 heteroatoms. The number of hydrogen-bond donors (Lipinski definition) is 0. The monoisotopic (exact) mass is 440 g/mol. The number of rotatable bonds is 4. The van der Waals surface area contributed by atoms with Crippen LogP contribution in [-0.4, -0.2) is 49.7 Å². The summed E-state index contributed by atoms with van der Waals surface area (Å²) >= 11 is 3.36. The molecule has 0 saturated carbocycles. The molecule has 2 aromatic rings. The normalized spacial score (nSPS) is 15.8. The molecule has 1 saturated heterocycles. The summed E-state index contributed by atoms with van der Waals surface area (Å²) < 4.78 is 40.5. The highest BCUT2D eigenvalue weighted by molar-refractivity contribution is 9.10. The van der Waals surface area contributed by atoms with Crippen LogP contribution in [0.5, 0.6) is 0 Å². The van der Waals surface area contributed by atoms with E-state index in [-0.39, 0.29) is 30.3 Å². The van der Waals surface area contributed by atoms with Crippen molar-refractivity contribution in [2.45, 2.75) is 11.3 Å². The SMILES string of the molecule is O=C(Cc1ccc(Br)cc1)N1CCN(S(=O)(=O)c2ccc(F)cc2)CC1. The molecule has 1 fully saturated rings. The summed E-state index contributed by atoms with van der Waals surface area (Å²) in [5.74, 6) is -0.501. The molecule has 0 unspecified atom stereocenters. The lowest BCUT2D eigenvalue weighted by Crippen LogP contribution is -2.50. The number of sulfonamides is 1. The molecule has 26 heavy (non-hydrogen) atoms. The smallest absolute Gasteiger partial charge is 0.243 e. The Balaban J connectivity index is 1.60. The maximum atomic E-state index is 13.0. The van der Waals surface area contributed by atoms with E-state index in [4.69, 9.17) is 0 Å². The molecule has 0 atom stereocenters. The van der Waals surface area contributed by atoms with Crippen LogP contribution >= 0.6 is 15.9 Å². The van der Waals surface area contributed by atoms with Gasteiger partial charge < -0.3 is 4.90 Å². The number of hydrogen-bond acceptors (Lipinski definition) is 3. The van der Waals surface area contributed by atoms with Crippen molar-refractivity contribution in [1.82, 2.24) is 9.21 Å². The van der Waals surface area contributed by atoms with Crippen molar-refractivity contribution < 1.29 is 17.6 Å². The third kappa shape index (κ3) is 4.31. The first-order valence-corrected chi connectivity index (χ1v) is 10.4. The van der Waals surface area contributed by atoms with Crippen molar-refractivity contribution in [3.8, 4) is 0 Å². The van der Waals surface area contributed by atoms with Crippen LogP contribution in [-0.2, 0) is 21.2 Å². The second kappa shape index (κ2) is 7.85. The molecular formula is C18H18BrFN2O3S. The van der Waals surface area contributed by atoms with Crippen molar-refractivity contribution in [2.24, 2.45) is 0 Å². The van der Waals surface area contributed by atoms with Crippen LogP contribution in [0, 0.1) is 5.82 Å². The maximum absolute atomic E-state index is 13.0. The highest BCUT2D eigenvalue weighted by atomic mass is 79.9. The Morgan fingerprint density at radius 1 is 0.962 bits per heavy atom. The first-order chi connectivity index (χ1) is 12.4. The minimum absolute atomic E-state index is 0.0221. The predicted octanol–water partition coefficient (Wildman–Crippen LogP) is 2.66. The van der Waals surface area contributed by atoms with Gasteiger partial charge in [0.15, 0.2) is 0 Å². The molecule has 1 aliphatic heterocycles. The third-order valence-corrected chi connectivity index (χ3v) is 6.75. The summed E-state index contributed by atoms with van der Waals surface area (Å²) in [6.07, 6.45) is 0.290. The number of carbonyl (C=O) groups excluding carboxylic acids is 1. The van der Waals surface area contributed by atoms with Crippen LogP contribution < -0.4 is 0 Å². The van der Waals surface area contributed by atoms with Gasteiger partial charge in [-0.2, -0.15) is 4.31 Å². The number of benzene rings is 2. The number of halogens is 2. The van der Waals surface area contributed by atoms with Crippen molar-refractivity contribution >= 4 is 31.9 Å². The topological polar surface area (TPSA) is 57.7 Å². The Morgan fingerprint density at radius 2 is 1.54 bits per heavy atom. The fraction of sp³-hybridized carbons (Fsp3) is 0.278. The van der Waals surface area contributed by atoms with E-state index in [1.54, 1.807) is 4.90 Å². The molecule has 0 bridgehead atoms. The zero-order valence-electron chi connectivity index (χ0n) is 13.9. The van der Waals surface area contributed by atoms with Gasteiger partial charge in [0.2, 0.25) is 15.9 Å². The lowest BCUT2D eigenvalue weighted by molar-refractivity contribution is -0.131. The van der Waals surface area contributed by atoms with Gasteiger partial charge in [-0.15, -0.1) is 0 Å². The molecule has 1 amide bonds. The second-order valence-electron chi connectivity index (χ2n) is 6.04. The molecule has 0 N–H and O–H groups in total. The molecule has 138 valence electrons. The standard InChI is InChI=1S/C18H18BrFN2O3S/c19-15-3-1-14(2-4-15)13-18(23)21-9-11-22(12-10-21)26(24,25)17-7-5-16(20)6-8-17/h1-8H,9-13H2. The zero-order valence-corrected chi connectivity index (χ0v) is 16.3. The van der Waals surface area contributed by atoms with Gasteiger partial charge in [0.05, 0.1) is 11.3 Å². The van der Waals surface area contributed by atoms with E-state index >= 15 is 0 Å². The van der Waals surface area contributed by atoms with E-state index in [2.05, 4.69) is 15.9 Å². The Bertz CT molecular complexity index is 878. The van der Waals surface area contributed by atoms with E-state index in [1.807, 2.05) is 24.3 Å². The molecule has 3 rings (SSSR count). The molecule has 0 aliphatic carbocycles. The van der Waals surface area contributed by atoms with Gasteiger partial charge in [-0.1, -0.05) is 28.1 Å². The maximum Gasteiger partial charge on any atom is 0.243 e. The van der Waals surface area contributed by atoms with Crippen molar-refractivity contribution in [3.63, 3.8) is 0 Å². The Kier molecular flexibility index (Phi) is 5.74. The number of amides is 1. The predicted molar refractivity (Wildman–Crippen MR) is 99.6 cm³/mol. The lowest BCUT2D eigenvalue weighted by atomic mass is 10.1. The van der Waals surface area contributed by atoms with Crippen LogP contribution in [0.25, 0.3) is 0 Å². The van der Waals surface area contributed by atoms with Gasteiger partial charge in [-0.3, -0.25) is 4.79 Å². The minimum atomic E-state index is -3.67. The van der Waals surface area contributed by atoms with Crippen molar-refractivity contribution in [3.05, 3.63) is 64.4 Å². The molecular weight excluding hydrogens is 423 g/mol. The average molecular weight is 441 g/mol. The van der Waals surface area contributed by atoms with Gasteiger partial charge in [-0.05, 0) is 42.0 Å². The lowest BCUT2D eigenvalue weighted by Gasteiger charge is -2.34. The Hall–Kier alpha value is -1.77. The summed E-state index contributed by atoms with van der Waals surface area (Å²) in [6.45, 7) is 1.14. The molecule has 1 heterocycles. The second-order valence-corrected chi connectivity index (χ2v) is 8.90. The molecule has 5 nitrogen and oxygen atoms in total. The molecule has 2 aromatic carbocycles. The van der Waals surface area contributed by atoms with Gasteiger partial charge in [0.1, 0.15) is 5.82 Å². The van der Waals surface area contributed by atoms with Crippen LogP contribution in [0.2, 0.25) is 0 Å². The van der Waals surface area contributed by atoms with Crippen LogP contribution in [0.4, 0.5) is 4.39 Å². The quantitative estimate of drug-likeness (QED) is 0.733. The van der Waals surface area contributed by atoms with E-state index < -0.39 is 15.8 Å². The zero-order chi connectivity index (χ0) is 18.7. The van der Waals surface area contributed by atoms with E-state index in [9.17, 15) is 17.6 Å². The van der Waals surface area contributed by atoms with Gasteiger partial charge in [0, 0.05) is 30.7 Å². The Labute approximate surface area is 160 Å². The van der Waals surface area contributed by atoms with Crippen molar-refractivity contribution in [2.75, 3.05) is 26.2 Å².